The largest absolute Gasteiger partial charge is 0.493 e. The van der Waals surface area contributed by atoms with Crippen LogP contribution in [0, 0.1) is 0 Å². The molecule has 1 rings (SSSR count). The van der Waals surface area contributed by atoms with Gasteiger partial charge in [-0.05, 0) is 12.1 Å². The van der Waals surface area contributed by atoms with Gasteiger partial charge < -0.3 is 14.2 Å². The summed E-state index contributed by atoms with van der Waals surface area (Å²) in [6.07, 6.45) is 0.276. The van der Waals surface area contributed by atoms with Crippen LogP contribution in [0.25, 0.3) is 0 Å². The maximum absolute atomic E-state index is 10.9. The Labute approximate surface area is 95.0 Å². The highest BCUT2D eigenvalue weighted by molar-refractivity contribution is 5.78. The monoisotopic (exact) mass is 205 g/mol. The molecule has 4 heteroatoms. The third kappa shape index (κ3) is 1.79. The van der Waals surface area contributed by atoms with Gasteiger partial charge in [-0.1, -0.05) is 0 Å². The highest BCUT2D eigenvalue weighted by Crippen LogP contribution is 2.37. The van der Waals surface area contributed by atoms with Crippen LogP contribution in [0.2, 0.25) is 0 Å². The molecule has 0 aliphatic rings. The Morgan fingerprint density at radius 2 is 1.71 bits per heavy atom. The van der Waals surface area contributed by atoms with Gasteiger partial charge in [0, 0.05) is 5.56 Å². The lowest BCUT2D eigenvalue weighted by atomic mass is 10.2. The van der Waals surface area contributed by atoms with Gasteiger partial charge in [-0.3, -0.25) is 4.79 Å². The first kappa shape index (κ1) is 3.46. The Kier molecular flexibility index (Phi) is 1.11. The zero-order chi connectivity index (χ0) is 18.1. The first-order valence-corrected chi connectivity index (χ1v) is 3.40. The minimum absolute atomic E-state index is 0.193. The van der Waals surface area contributed by atoms with E-state index in [9.17, 15) is 4.79 Å². The van der Waals surface area contributed by atoms with Crippen LogP contribution in [-0.2, 0) is 0 Å². The van der Waals surface area contributed by atoms with Crippen LogP contribution >= 0.6 is 0 Å². The van der Waals surface area contributed by atoms with E-state index < -0.39 is 38.4 Å². The number of methoxy groups -OCH3 is 3. The fraction of sp³-hybridized carbons (Fsp3) is 0.300. The standard InChI is InChI=1S/C10H12O4/c1-12-8-4-7(6-11)5-9(13-2)10(8)14-3/h4-6H,1-3H3/i1D3,2D3,3D3. The second-order valence-corrected chi connectivity index (χ2v) is 2.27. The van der Waals surface area contributed by atoms with Crippen LogP contribution in [0.5, 0.6) is 17.2 Å². The zero-order valence-electron chi connectivity index (χ0n) is 15.9. The molecule has 1 aromatic rings. The molecule has 0 saturated heterocycles. The van der Waals surface area contributed by atoms with Gasteiger partial charge in [0.05, 0.1) is 33.5 Å². The number of hydrogen-bond donors (Lipinski definition) is 0. The lowest BCUT2D eigenvalue weighted by molar-refractivity contribution is 0.112. The first-order chi connectivity index (χ1) is 10.2. The molecule has 0 aliphatic heterocycles. The molecule has 0 radical (unpaired) electrons. The molecule has 0 heterocycles. The topological polar surface area (TPSA) is 44.8 Å². The van der Waals surface area contributed by atoms with Gasteiger partial charge in [-0.25, -0.2) is 0 Å². The van der Waals surface area contributed by atoms with E-state index in [1.807, 2.05) is 0 Å². The molecule has 0 saturated carbocycles. The Bertz CT molecular complexity index is 536. The molecule has 0 N–H and O–H groups in total. The van der Waals surface area contributed by atoms with Crippen LogP contribution in [-0.4, -0.2) is 27.4 Å². The highest BCUT2D eigenvalue weighted by Gasteiger charge is 2.12. The van der Waals surface area contributed by atoms with E-state index in [0.29, 0.717) is 0 Å². The van der Waals surface area contributed by atoms with E-state index in [4.69, 9.17) is 12.3 Å². The smallest absolute Gasteiger partial charge is 0.203 e. The van der Waals surface area contributed by atoms with Crippen LogP contribution in [0.1, 0.15) is 22.7 Å². The number of hydrogen-bond acceptors (Lipinski definition) is 4. The first-order valence-electron chi connectivity index (χ1n) is 7.90. The summed E-state index contributed by atoms with van der Waals surface area (Å²) >= 11 is 0. The summed E-state index contributed by atoms with van der Waals surface area (Å²) in [4.78, 5) is 10.9. The predicted octanol–water partition coefficient (Wildman–Crippen LogP) is 1.52. The quantitative estimate of drug-likeness (QED) is 0.699. The highest BCUT2D eigenvalue weighted by atomic mass is 16.5. The van der Waals surface area contributed by atoms with Crippen molar-refractivity contribution in [2.75, 3.05) is 21.1 Å². The minimum Gasteiger partial charge on any atom is -0.493 e. The summed E-state index contributed by atoms with van der Waals surface area (Å²) in [5.41, 5.74) is -0.193. The van der Waals surface area contributed by atoms with Crippen LogP contribution in [0.4, 0.5) is 0 Å². The van der Waals surface area contributed by atoms with Crippen molar-refractivity contribution >= 4 is 6.29 Å². The molecule has 0 unspecified atom stereocenters. The van der Waals surface area contributed by atoms with E-state index in [1.54, 1.807) is 0 Å². The number of rotatable bonds is 4. The minimum atomic E-state index is -3.04. The van der Waals surface area contributed by atoms with Crippen LogP contribution in [0.3, 0.4) is 0 Å². The zero-order valence-corrected chi connectivity index (χ0v) is 6.87. The van der Waals surface area contributed by atoms with Gasteiger partial charge in [0.15, 0.2) is 11.5 Å². The molecule has 0 aromatic heterocycles. The van der Waals surface area contributed by atoms with Crippen molar-refractivity contribution in [2.24, 2.45) is 0 Å². The Morgan fingerprint density at radius 3 is 2.14 bits per heavy atom. The number of ether oxygens (including phenoxy) is 3. The lowest BCUT2D eigenvalue weighted by Gasteiger charge is -2.11. The Hall–Kier alpha value is -1.71. The maximum atomic E-state index is 10.9. The summed E-state index contributed by atoms with van der Waals surface area (Å²) in [7, 11) is -9.03. The molecule has 14 heavy (non-hydrogen) atoms. The molecule has 0 atom stereocenters. The maximum Gasteiger partial charge on any atom is 0.203 e. The normalized spacial score (nSPS) is 21.6. The van der Waals surface area contributed by atoms with E-state index in [-0.39, 0.29) is 11.8 Å². The molecule has 0 spiro atoms. The van der Waals surface area contributed by atoms with Gasteiger partial charge in [-0.2, -0.15) is 0 Å². The second kappa shape index (κ2) is 4.50. The molecular weight excluding hydrogens is 184 g/mol. The van der Waals surface area contributed by atoms with Crippen LogP contribution in [0.15, 0.2) is 12.1 Å². The molecule has 1 aromatic carbocycles. The Morgan fingerprint density at radius 1 is 1.14 bits per heavy atom. The molecule has 0 amide bonds. The number of benzene rings is 1. The average molecular weight is 205 g/mol. The third-order valence-electron chi connectivity index (χ3n) is 1.50. The average Bonchev–Trinajstić information content (AvgIpc) is 2.27. The molecule has 0 fully saturated rings. The Balaban J connectivity index is 3.50. The number of carbonyl (C=O) groups excluding carboxylic acids is 1. The fourth-order valence-electron chi connectivity index (χ4n) is 0.917. The van der Waals surface area contributed by atoms with Crippen molar-refractivity contribution in [3.63, 3.8) is 0 Å². The third-order valence-corrected chi connectivity index (χ3v) is 1.50. The predicted molar refractivity (Wildman–Crippen MR) is 51.5 cm³/mol. The van der Waals surface area contributed by atoms with Crippen molar-refractivity contribution in [2.45, 2.75) is 0 Å². The summed E-state index contributed by atoms with van der Waals surface area (Å²) in [5, 5.41) is 0. The fourth-order valence-corrected chi connectivity index (χ4v) is 0.917. The molecule has 4 nitrogen and oxygen atoms in total. The lowest BCUT2D eigenvalue weighted by Crippen LogP contribution is -1.96. The SMILES string of the molecule is [2H]C([2H])([2H])Oc1cc(C=O)cc(OC([2H])([2H])[2H])c1OC([2H])([2H])[2H]. The summed E-state index contributed by atoms with van der Waals surface area (Å²) < 4.78 is 77.3. The second-order valence-electron chi connectivity index (χ2n) is 2.27. The summed E-state index contributed by atoms with van der Waals surface area (Å²) in [5.74, 6) is -2.09. The molecule has 0 aliphatic carbocycles. The van der Waals surface area contributed by atoms with Crippen molar-refractivity contribution in [3.8, 4) is 17.2 Å². The van der Waals surface area contributed by atoms with Gasteiger partial charge in [-0.15, -0.1) is 0 Å². The van der Waals surface area contributed by atoms with Crippen molar-refractivity contribution in [1.29, 1.82) is 0 Å². The summed E-state index contributed by atoms with van der Waals surface area (Å²) in [6.45, 7) is 0. The number of aldehydes is 1. The van der Waals surface area contributed by atoms with E-state index in [1.165, 1.54) is 0 Å². The van der Waals surface area contributed by atoms with Crippen molar-refractivity contribution in [3.05, 3.63) is 17.7 Å². The van der Waals surface area contributed by atoms with Gasteiger partial charge in [0.25, 0.3) is 0 Å². The van der Waals surface area contributed by atoms with Gasteiger partial charge in [0.2, 0.25) is 5.75 Å². The summed E-state index contributed by atoms with van der Waals surface area (Å²) in [6, 6.07) is 1.79. The van der Waals surface area contributed by atoms with E-state index in [2.05, 4.69) is 14.2 Å². The van der Waals surface area contributed by atoms with Gasteiger partial charge >= 0.3 is 0 Å². The molecule has 0 bridgehead atoms. The van der Waals surface area contributed by atoms with E-state index in [0.717, 1.165) is 12.1 Å². The van der Waals surface area contributed by atoms with Crippen LogP contribution < -0.4 is 14.2 Å². The number of carbonyl (C=O) groups is 1. The van der Waals surface area contributed by atoms with Gasteiger partial charge in [0.1, 0.15) is 6.29 Å². The molecular formula is C10H12O4. The van der Waals surface area contributed by atoms with Crippen molar-refractivity contribution in [1.82, 2.24) is 0 Å². The van der Waals surface area contributed by atoms with Crippen molar-refractivity contribution < 1.29 is 31.3 Å². The van der Waals surface area contributed by atoms with E-state index >= 15 is 0 Å². The molecule has 76 valence electrons.